The molecule has 1 aromatic carbocycles. The van der Waals surface area contributed by atoms with Gasteiger partial charge in [-0.15, -0.1) is 0 Å². The monoisotopic (exact) mass is 419 g/mol. The Balaban J connectivity index is 1.32. The zero-order valence-corrected chi connectivity index (χ0v) is 18.1. The minimum Gasteiger partial charge on any atom is -0.356 e. The maximum absolute atomic E-state index is 12.5. The van der Waals surface area contributed by atoms with E-state index in [0.29, 0.717) is 38.9 Å². The van der Waals surface area contributed by atoms with Crippen LogP contribution in [0.2, 0.25) is 0 Å². The molecule has 0 bridgehead atoms. The average molecular weight is 420 g/mol. The molecule has 31 heavy (non-hydrogen) atoms. The number of anilines is 1. The number of fused-ring (bicyclic) bond motifs is 1. The highest BCUT2D eigenvalue weighted by atomic mass is 16.2. The molecule has 7 heteroatoms. The summed E-state index contributed by atoms with van der Waals surface area (Å²) >= 11 is 0. The minimum atomic E-state index is 0.0187. The molecule has 0 fully saturated rings. The number of nitrogens with zero attached hydrogens (tertiary/aromatic N) is 4. The van der Waals surface area contributed by atoms with E-state index in [4.69, 9.17) is 0 Å². The molecule has 0 spiro atoms. The van der Waals surface area contributed by atoms with Crippen molar-refractivity contribution in [3.8, 4) is 11.4 Å². The van der Waals surface area contributed by atoms with Gasteiger partial charge < -0.3 is 9.88 Å². The Morgan fingerprint density at radius 1 is 1.19 bits per heavy atom. The molecule has 3 aromatic rings. The van der Waals surface area contributed by atoms with Crippen LogP contribution in [0, 0.1) is 0 Å². The highest BCUT2D eigenvalue weighted by Gasteiger charge is 2.26. The van der Waals surface area contributed by atoms with E-state index in [1.165, 1.54) is 5.56 Å². The first kappa shape index (κ1) is 20.9. The number of rotatable bonds is 8. The quantitative estimate of drug-likeness (QED) is 0.609. The molecule has 0 radical (unpaired) electrons. The number of aromatic nitrogens is 3. The van der Waals surface area contributed by atoms with Gasteiger partial charge in [0, 0.05) is 45.2 Å². The molecule has 1 aliphatic heterocycles. The van der Waals surface area contributed by atoms with Gasteiger partial charge in [-0.3, -0.25) is 14.5 Å². The van der Waals surface area contributed by atoms with Gasteiger partial charge in [0.25, 0.3) is 0 Å². The lowest BCUT2D eigenvalue weighted by Gasteiger charge is -2.27. The van der Waals surface area contributed by atoms with Gasteiger partial charge in [-0.2, -0.15) is 5.10 Å². The average Bonchev–Trinajstić information content (AvgIpc) is 3.40. The number of nitrogens with one attached hydrogen (secondary N) is 1. The summed E-state index contributed by atoms with van der Waals surface area (Å²) in [6.45, 7) is 3.82. The maximum atomic E-state index is 12.5. The maximum Gasteiger partial charge on any atom is 0.229 e. The Kier molecular flexibility index (Phi) is 6.21. The molecule has 0 aliphatic carbocycles. The van der Waals surface area contributed by atoms with Crippen LogP contribution in [0.3, 0.4) is 0 Å². The summed E-state index contributed by atoms with van der Waals surface area (Å²) < 4.78 is 3.91. The molecule has 0 saturated carbocycles. The predicted molar refractivity (Wildman–Crippen MR) is 121 cm³/mol. The van der Waals surface area contributed by atoms with Crippen LogP contribution < -0.4 is 10.2 Å². The van der Waals surface area contributed by atoms with Gasteiger partial charge in [0.2, 0.25) is 11.8 Å². The third-order valence-corrected chi connectivity index (χ3v) is 5.84. The predicted octanol–water partition coefficient (Wildman–Crippen LogP) is 3.33. The molecular formula is C24H29N5O2. The zero-order chi connectivity index (χ0) is 21.8. The first-order chi connectivity index (χ1) is 15.0. The van der Waals surface area contributed by atoms with Crippen molar-refractivity contribution in [2.24, 2.45) is 7.05 Å². The summed E-state index contributed by atoms with van der Waals surface area (Å²) in [5.41, 5.74) is 3.08. The molecule has 3 heterocycles. The fraction of sp³-hybridized carbons (Fsp3) is 0.375. The molecule has 1 aliphatic rings. The second kappa shape index (κ2) is 9.20. The Morgan fingerprint density at radius 2 is 2.00 bits per heavy atom. The van der Waals surface area contributed by atoms with E-state index >= 15 is 0 Å². The van der Waals surface area contributed by atoms with Gasteiger partial charge >= 0.3 is 0 Å². The van der Waals surface area contributed by atoms with E-state index in [2.05, 4.69) is 29.5 Å². The Hall–Kier alpha value is -3.35. The fourth-order valence-electron chi connectivity index (χ4n) is 4.00. The van der Waals surface area contributed by atoms with Crippen molar-refractivity contribution in [3.63, 3.8) is 0 Å². The largest absolute Gasteiger partial charge is 0.356 e. The van der Waals surface area contributed by atoms with E-state index < -0.39 is 0 Å². The van der Waals surface area contributed by atoms with Crippen molar-refractivity contribution in [1.82, 2.24) is 19.7 Å². The lowest BCUT2D eigenvalue weighted by Crippen LogP contribution is -2.38. The van der Waals surface area contributed by atoms with Crippen LogP contribution in [0.15, 0.2) is 54.7 Å². The van der Waals surface area contributed by atoms with Crippen LogP contribution in [0.1, 0.15) is 37.7 Å². The second-order valence-electron chi connectivity index (χ2n) is 8.13. The van der Waals surface area contributed by atoms with E-state index in [-0.39, 0.29) is 17.7 Å². The van der Waals surface area contributed by atoms with Gasteiger partial charge in [0.05, 0.1) is 12.2 Å². The number of carbonyl (C=O) groups excluding carboxylic acids is 2. The smallest absolute Gasteiger partial charge is 0.229 e. The number of hydrogen-bond donors (Lipinski definition) is 1. The first-order valence-electron chi connectivity index (χ1n) is 10.8. The molecule has 1 atom stereocenters. The molecule has 4 rings (SSSR count). The number of carbonyl (C=O) groups is 2. The highest BCUT2D eigenvalue weighted by Crippen LogP contribution is 2.28. The van der Waals surface area contributed by atoms with Gasteiger partial charge in [-0.1, -0.05) is 37.3 Å². The lowest BCUT2D eigenvalue weighted by molar-refractivity contribution is -0.122. The number of aryl methyl sites for hydroxylation is 2. The van der Waals surface area contributed by atoms with Crippen molar-refractivity contribution >= 4 is 17.6 Å². The van der Waals surface area contributed by atoms with Crippen LogP contribution in [0.25, 0.3) is 11.4 Å². The first-order valence-corrected chi connectivity index (χ1v) is 10.8. The molecule has 2 amide bonds. The summed E-state index contributed by atoms with van der Waals surface area (Å²) in [6.07, 6.45) is 3.42. The molecular weight excluding hydrogens is 390 g/mol. The summed E-state index contributed by atoms with van der Waals surface area (Å²) in [5, 5.41) is 7.70. The SMILES string of the molecule is C[C@H](CNC(=O)CCCN1C(=O)CCn2nc(-c3cccn3C)cc21)c1ccccc1. The normalized spacial score (nSPS) is 14.4. The minimum absolute atomic E-state index is 0.0187. The number of hydrogen-bond acceptors (Lipinski definition) is 3. The van der Waals surface area contributed by atoms with E-state index in [0.717, 1.165) is 17.2 Å². The molecule has 7 nitrogen and oxygen atoms in total. The second-order valence-corrected chi connectivity index (χ2v) is 8.13. The van der Waals surface area contributed by atoms with E-state index in [1.54, 1.807) is 4.90 Å². The number of amides is 2. The van der Waals surface area contributed by atoms with Gasteiger partial charge in [-0.25, -0.2) is 4.68 Å². The van der Waals surface area contributed by atoms with Crippen molar-refractivity contribution in [2.75, 3.05) is 18.0 Å². The molecule has 162 valence electrons. The van der Waals surface area contributed by atoms with Crippen LogP contribution in [-0.4, -0.2) is 39.3 Å². The number of benzene rings is 1. The zero-order valence-electron chi connectivity index (χ0n) is 18.1. The van der Waals surface area contributed by atoms with E-state index in [9.17, 15) is 9.59 Å². The van der Waals surface area contributed by atoms with Crippen LogP contribution >= 0.6 is 0 Å². The topological polar surface area (TPSA) is 72.2 Å². The molecule has 0 saturated heterocycles. The van der Waals surface area contributed by atoms with Crippen molar-refractivity contribution in [2.45, 2.75) is 38.6 Å². The van der Waals surface area contributed by atoms with Crippen LogP contribution in [0.5, 0.6) is 0 Å². The summed E-state index contributed by atoms with van der Waals surface area (Å²) in [5.74, 6) is 1.18. The molecule has 0 unspecified atom stereocenters. The van der Waals surface area contributed by atoms with Crippen molar-refractivity contribution in [1.29, 1.82) is 0 Å². The fourth-order valence-corrected chi connectivity index (χ4v) is 4.00. The van der Waals surface area contributed by atoms with Gasteiger partial charge in [-0.05, 0) is 30.0 Å². The van der Waals surface area contributed by atoms with Crippen LogP contribution in [-0.2, 0) is 23.2 Å². The van der Waals surface area contributed by atoms with Gasteiger partial charge in [0.1, 0.15) is 11.5 Å². The summed E-state index contributed by atoms with van der Waals surface area (Å²) in [6, 6.07) is 16.1. The highest BCUT2D eigenvalue weighted by molar-refractivity contribution is 5.94. The van der Waals surface area contributed by atoms with Crippen molar-refractivity contribution in [3.05, 3.63) is 60.3 Å². The Bertz CT molecular complexity index is 1050. The standard InChI is InChI=1S/C24H29N5O2/c1-18(19-8-4-3-5-9-19)17-25-22(30)11-7-14-28-23-16-20(21-10-6-13-27(21)2)26-29(23)15-12-24(28)31/h3-6,8-10,13,16,18H,7,11-12,14-15,17H2,1-2H3,(H,25,30)/t18-/m1/s1. The Morgan fingerprint density at radius 3 is 2.74 bits per heavy atom. The van der Waals surface area contributed by atoms with E-state index in [1.807, 2.05) is 58.9 Å². The summed E-state index contributed by atoms with van der Waals surface area (Å²) in [4.78, 5) is 26.6. The van der Waals surface area contributed by atoms with Crippen LogP contribution in [0.4, 0.5) is 5.82 Å². The summed E-state index contributed by atoms with van der Waals surface area (Å²) in [7, 11) is 1.98. The third-order valence-electron chi connectivity index (χ3n) is 5.84. The third kappa shape index (κ3) is 4.71. The Labute approximate surface area is 182 Å². The molecule has 1 N–H and O–H groups in total. The van der Waals surface area contributed by atoms with Gasteiger partial charge in [0.15, 0.2) is 0 Å². The lowest BCUT2D eigenvalue weighted by atomic mass is 10.0. The van der Waals surface area contributed by atoms with Crippen molar-refractivity contribution < 1.29 is 9.59 Å². The molecule has 2 aromatic heterocycles.